The fourth-order valence-electron chi connectivity index (χ4n) is 3.16. The van der Waals surface area contributed by atoms with Crippen LogP contribution in [0, 0.1) is 5.82 Å². The SMILES string of the molecule is O=C(O)C1(c2c(F)c(O)cc3c2OCO3)CCCCC1. The average Bonchev–Trinajstić information content (AvgIpc) is 2.88. The van der Waals surface area contributed by atoms with Gasteiger partial charge in [0, 0.05) is 6.07 Å². The Morgan fingerprint density at radius 3 is 2.60 bits per heavy atom. The van der Waals surface area contributed by atoms with Crippen molar-refractivity contribution in [2.45, 2.75) is 37.5 Å². The number of phenolic OH excluding ortho intramolecular Hbond substituents is 1. The summed E-state index contributed by atoms with van der Waals surface area (Å²) < 4.78 is 24.8. The summed E-state index contributed by atoms with van der Waals surface area (Å²) in [6.07, 6.45) is 3.00. The fraction of sp³-hybridized carbons (Fsp3) is 0.500. The van der Waals surface area contributed by atoms with Gasteiger partial charge in [0.1, 0.15) is 0 Å². The van der Waals surface area contributed by atoms with Gasteiger partial charge in [-0.2, -0.15) is 0 Å². The van der Waals surface area contributed by atoms with Crippen molar-refractivity contribution in [3.63, 3.8) is 0 Å². The highest BCUT2D eigenvalue weighted by atomic mass is 19.1. The number of carboxylic acid groups (broad SMARTS) is 1. The van der Waals surface area contributed by atoms with Gasteiger partial charge >= 0.3 is 5.97 Å². The van der Waals surface area contributed by atoms with Crippen molar-refractivity contribution in [3.05, 3.63) is 17.4 Å². The second kappa shape index (κ2) is 4.54. The van der Waals surface area contributed by atoms with Gasteiger partial charge in [-0.15, -0.1) is 0 Å². The number of carboxylic acids is 1. The molecule has 1 aliphatic carbocycles. The number of aliphatic carboxylic acids is 1. The topological polar surface area (TPSA) is 76.0 Å². The number of fused-ring (bicyclic) bond motifs is 1. The van der Waals surface area contributed by atoms with E-state index in [4.69, 9.17) is 9.47 Å². The minimum Gasteiger partial charge on any atom is -0.505 e. The lowest BCUT2D eigenvalue weighted by Gasteiger charge is -2.34. The Kier molecular flexibility index (Phi) is 2.96. The van der Waals surface area contributed by atoms with Crippen molar-refractivity contribution >= 4 is 5.97 Å². The number of carbonyl (C=O) groups is 1. The van der Waals surface area contributed by atoms with Gasteiger partial charge in [0.15, 0.2) is 23.1 Å². The molecule has 1 fully saturated rings. The molecule has 0 atom stereocenters. The first-order valence-electron chi connectivity index (χ1n) is 6.61. The highest BCUT2D eigenvalue weighted by Gasteiger charge is 2.47. The predicted molar refractivity (Wildman–Crippen MR) is 66.6 cm³/mol. The lowest BCUT2D eigenvalue weighted by molar-refractivity contribution is -0.145. The molecule has 0 bridgehead atoms. The molecule has 5 nitrogen and oxygen atoms in total. The molecule has 0 aromatic heterocycles. The molecule has 0 unspecified atom stereocenters. The molecule has 0 saturated heterocycles. The zero-order valence-electron chi connectivity index (χ0n) is 10.8. The summed E-state index contributed by atoms with van der Waals surface area (Å²) in [6, 6.07) is 1.12. The summed E-state index contributed by atoms with van der Waals surface area (Å²) in [5.74, 6) is -2.29. The van der Waals surface area contributed by atoms with Crippen molar-refractivity contribution in [1.82, 2.24) is 0 Å². The van der Waals surface area contributed by atoms with E-state index < -0.39 is 23.0 Å². The number of hydrogen-bond donors (Lipinski definition) is 2. The molecule has 1 aromatic carbocycles. The fourth-order valence-corrected chi connectivity index (χ4v) is 3.16. The number of rotatable bonds is 2. The van der Waals surface area contributed by atoms with E-state index in [1.165, 1.54) is 0 Å². The monoisotopic (exact) mass is 282 g/mol. The normalized spacial score (nSPS) is 19.9. The molecule has 0 spiro atoms. The van der Waals surface area contributed by atoms with Crippen LogP contribution in [0.2, 0.25) is 0 Å². The number of aromatic hydroxyl groups is 1. The maximum Gasteiger partial charge on any atom is 0.314 e. The molecule has 0 amide bonds. The molecule has 108 valence electrons. The summed E-state index contributed by atoms with van der Waals surface area (Å²) in [4.78, 5) is 11.8. The maximum atomic E-state index is 14.4. The molecule has 6 heteroatoms. The van der Waals surface area contributed by atoms with Gasteiger partial charge in [-0.3, -0.25) is 4.79 Å². The van der Waals surface area contributed by atoms with Crippen LogP contribution < -0.4 is 9.47 Å². The minimum atomic E-state index is -1.35. The van der Waals surface area contributed by atoms with Crippen molar-refractivity contribution in [2.24, 2.45) is 0 Å². The molecule has 3 rings (SSSR count). The lowest BCUT2D eigenvalue weighted by atomic mass is 9.68. The van der Waals surface area contributed by atoms with Crippen LogP contribution >= 0.6 is 0 Å². The van der Waals surface area contributed by atoms with Crippen LogP contribution in [0.15, 0.2) is 6.07 Å². The Hall–Kier alpha value is -1.98. The van der Waals surface area contributed by atoms with E-state index in [1.807, 2.05) is 0 Å². The molecule has 2 aliphatic rings. The second-order valence-corrected chi connectivity index (χ2v) is 5.27. The van der Waals surface area contributed by atoms with Crippen LogP contribution in [0.4, 0.5) is 4.39 Å². The van der Waals surface area contributed by atoms with E-state index in [-0.39, 0.29) is 23.9 Å². The predicted octanol–water partition coefficient (Wildman–Crippen LogP) is 2.55. The van der Waals surface area contributed by atoms with E-state index in [9.17, 15) is 19.4 Å². The third-order valence-electron chi connectivity index (χ3n) is 4.18. The minimum absolute atomic E-state index is 0.0720. The maximum absolute atomic E-state index is 14.4. The number of hydrogen-bond acceptors (Lipinski definition) is 4. The van der Waals surface area contributed by atoms with Gasteiger partial charge in [0.25, 0.3) is 0 Å². The quantitative estimate of drug-likeness (QED) is 0.871. The molecule has 2 N–H and O–H groups in total. The van der Waals surface area contributed by atoms with Gasteiger partial charge in [0.05, 0.1) is 11.0 Å². The van der Waals surface area contributed by atoms with Crippen molar-refractivity contribution in [3.8, 4) is 17.2 Å². The van der Waals surface area contributed by atoms with Gasteiger partial charge < -0.3 is 19.7 Å². The third kappa shape index (κ3) is 1.71. The van der Waals surface area contributed by atoms with Crippen LogP contribution in [0.25, 0.3) is 0 Å². The van der Waals surface area contributed by atoms with E-state index in [0.29, 0.717) is 25.7 Å². The largest absolute Gasteiger partial charge is 0.505 e. The first-order chi connectivity index (χ1) is 9.56. The molecule has 1 aliphatic heterocycles. The van der Waals surface area contributed by atoms with E-state index in [1.54, 1.807) is 0 Å². The number of benzene rings is 1. The van der Waals surface area contributed by atoms with Crippen LogP contribution in [0.3, 0.4) is 0 Å². The Morgan fingerprint density at radius 1 is 1.25 bits per heavy atom. The Labute approximate surface area is 114 Å². The standard InChI is InChI=1S/C14H15FO5/c15-11-8(16)6-9-12(20-7-19-9)10(11)14(13(17)18)4-2-1-3-5-14/h6,16H,1-5,7H2,(H,17,18). The molecule has 1 heterocycles. The lowest BCUT2D eigenvalue weighted by Crippen LogP contribution is -2.39. The third-order valence-corrected chi connectivity index (χ3v) is 4.18. The van der Waals surface area contributed by atoms with E-state index >= 15 is 0 Å². The van der Waals surface area contributed by atoms with Crippen molar-refractivity contribution < 1.29 is 28.9 Å². The zero-order valence-corrected chi connectivity index (χ0v) is 10.8. The van der Waals surface area contributed by atoms with Crippen LogP contribution in [-0.4, -0.2) is 23.0 Å². The molecule has 0 radical (unpaired) electrons. The molecule has 1 saturated carbocycles. The van der Waals surface area contributed by atoms with Gasteiger partial charge in [0.2, 0.25) is 6.79 Å². The number of phenols is 1. The molecule has 20 heavy (non-hydrogen) atoms. The van der Waals surface area contributed by atoms with Crippen LogP contribution in [0.1, 0.15) is 37.7 Å². The second-order valence-electron chi connectivity index (χ2n) is 5.27. The van der Waals surface area contributed by atoms with Gasteiger partial charge in [-0.1, -0.05) is 19.3 Å². The first-order valence-corrected chi connectivity index (χ1v) is 6.61. The summed E-state index contributed by atoms with van der Waals surface area (Å²) >= 11 is 0. The summed E-state index contributed by atoms with van der Waals surface area (Å²) in [5.41, 5.74) is -1.42. The Morgan fingerprint density at radius 2 is 1.95 bits per heavy atom. The smallest absolute Gasteiger partial charge is 0.314 e. The summed E-state index contributed by atoms with van der Waals surface area (Å²) in [6.45, 7) is -0.0963. The highest BCUT2D eigenvalue weighted by Crippen LogP contribution is 2.51. The molecular weight excluding hydrogens is 267 g/mol. The zero-order chi connectivity index (χ0) is 14.3. The van der Waals surface area contributed by atoms with Gasteiger partial charge in [-0.25, -0.2) is 4.39 Å². The highest BCUT2D eigenvalue weighted by molar-refractivity contribution is 5.84. The van der Waals surface area contributed by atoms with E-state index in [0.717, 1.165) is 12.5 Å². The number of ether oxygens (including phenoxy) is 2. The van der Waals surface area contributed by atoms with Gasteiger partial charge in [-0.05, 0) is 12.8 Å². The summed E-state index contributed by atoms with van der Waals surface area (Å²) in [5, 5.41) is 19.3. The van der Waals surface area contributed by atoms with E-state index in [2.05, 4.69) is 0 Å². The first kappa shape index (κ1) is 13.0. The van der Waals surface area contributed by atoms with Crippen LogP contribution in [0.5, 0.6) is 17.2 Å². The Bertz CT molecular complexity index is 563. The summed E-state index contributed by atoms with van der Waals surface area (Å²) in [7, 11) is 0. The molecule has 1 aromatic rings. The number of halogens is 1. The van der Waals surface area contributed by atoms with Crippen molar-refractivity contribution in [1.29, 1.82) is 0 Å². The van der Waals surface area contributed by atoms with Crippen molar-refractivity contribution in [2.75, 3.05) is 6.79 Å². The average molecular weight is 282 g/mol. The molecular formula is C14H15FO5. The Balaban J connectivity index is 2.24. The van der Waals surface area contributed by atoms with Crippen LogP contribution in [-0.2, 0) is 10.2 Å².